The number of aliphatic hydroxyl groups excluding tert-OH is 1. The predicted molar refractivity (Wildman–Crippen MR) is 100 cm³/mol. The Morgan fingerprint density at radius 2 is 1.85 bits per heavy atom. The molecule has 0 radical (unpaired) electrons. The molecule has 0 fully saturated rings. The summed E-state index contributed by atoms with van der Waals surface area (Å²) in [5.41, 5.74) is -0.0478. The van der Waals surface area contributed by atoms with Crippen LogP contribution >= 0.6 is 0 Å². The lowest BCUT2D eigenvalue weighted by molar-refractivity contribution is 0.0752. The number of hydrogen-bond acceptors (Lipinski definition) is 4. The molecule has 2 aromatic rings. The molecule has 0 saturated carbocycles. The second-order valence-electron chi connectivity index (χ2n) is 5.91. The van der Waals surface area contributed by atoms with Crippen molar-refractivity contribution in [3.05, 3.63) is 74.6 Å². The Kier molecular flexibility index (Phi) is 6.68. The van der Waals surface area contributed by atoms with E-state index >= 15 is 0 Å². The summed E-state index contributed by atoms with van der Waals surface area (Å²) >= 11 is 0. The van der Waals surface area contributed by atoms with Gasteiger partial charge in [0.05, 0.1) is 0 Å². The summed E-state index contributed by atoms with van der Waals surface area (Å²) in [5, 5.41) is 9.09. The zero-order chi connectivity index (χ0) is 19.1. The molecule has 2 rings (SSSR count). The molecule has 0 unspecified atom stereocenters. The number of benzene rings is 1. The molecule has 0 aliphatic heterocycles. The molecule has 7 nitrogen and oxygen atoms in total. The third-order valence-electron chi connectivity index (χ3n) is 4.05. The maximum Gasteiger partial charge on any atom is 0.331 e. The quantitative estimate of drug-likeness (QED) is 0.787. The van der Waals surface area contributed by atoms with Gasteiger partial charge in [-0.05, 0) is 12.0 Å². The molecule has 1 N–H and O–H groups in total. The van der Waals surface area contributed by atoms with Crippen molar-refractivity contribution in [2.24, 2.45) is 14.1 Å². The molecular weight excluding hydrogens is 334 g/mol. The Bertz CT molecular complexity index is 897. The minimum Gasteiger partial charge on any atom is -0.396 e. The predicted octanol–water partition coefficient (Wildman–Crippen LogP) is 0.622. The van der Waals surface area contributed by atoms with E-state index in [0.717, 1.165) is 20.8 Å². The molecule has 7 heteroatoms. The zero-order valence-corrected chi connectivity index (χ0v) is 15.0. The number of aliphatic hydroxyl groups is 1. The molecule has 138 valence electrons. The van der Waals surface area contributed by atoms with Crippen LogP contribution in [0, 0.1) is 0 Å². The first-order valence-corrected chi connectivity index (χ1v) is 8.34. The van der Waals surface area contributed by atoms with Gasteiger partial charge >= 0.3 is 5.69 Å². The highest BCUT2D eigenvalue weighted by Gasteiger charge is 2.19. The highest BCUT2D eigenvalue weighted by atomic mass is 16.3. The van der Waals surface area contributed by atoms with Gasteiger partial charge in [-0.1, -0.05) is 42.5 Å². The van der Waals surface area contributed by atoms with Crippen LogP contribution in [0.15, 0.2) is 52.1 Å². The van der Waals surface area contributed by atoms with E-state index in [0.29, 0.717) is 19.5 Å². The minimum atomic E-state index is -0.553. The van der Waals surface area contributed by atoms with Gasteiger partial charge in [-0.25, -0.2) is 4.79 Å². The Morgan fingerprint density at radius 1 is 1.15 bits per heavy atom. The van der Waals surface area contributed by atoms with Crippen LogP contribution in [0.2, 0.25) is 0 Å². The van der Waals surface area contributed by atoms with Gasteiger partial charge in [-0.15, -0.1) is 0 Å². The van der Waals surface area contributed by atoms with Gasteiger partial charge in [-0.2, -0.15) is 0 Å². The SMILES string of the molecule is Cn1c(C(=O)N(CC=Cc2ccccc2)CCCO)cc(=O)n(C)c1=O. The lowest BCUT2D eigenvalue weighted by atomic mass is 10.2. The van der Waals surface area contributed by atoms with E-state index in [1.165, 1.54) is 19.0 Å². The van der Waals surface area contributed by atoms with Crippen molar-refractivity contribution in [2.75, 3.05) is 19.7 Å². The Balaban J connectivity index is 2.26. The zero-order valence-electron chi connectivity index (χ0n) is 15.0. The van der Waals surface area contributed by atoms with E-state index in [4.69, 9.17) is 5.11 Å². The van der Waals surface area contributed by atoms with Crippen LogP contribution in [0.5, 0.6) is 0 Å². The summed E-state index contributed by atoms with van der Waals surface area (Å²) in [6.45, 7) is 0.566. The van der Waals surface area contributed by atoms with Crippen molar-refractivity contribution in [1.29, 1.82) is 0 Å². The number of hydrogen-bond donors (Lipinski definition) is 1. The second kappa shape index (κ2) is 8.96. The molecule has 1 aromatic carbocycles. The van der Waals surface area contributed by atoms with Crippen molar-refractivity contribution in [2.45, 2.75) is 6.42 Å². The molecule has 0 saturated heterocycles. The Hall–Kier alpha value is -2.93. The van der Waals surface area contributed by atoms with Crippen molar-refractivity contribution in [1.82, 2.24) is 14.0 Å². The first kappa shape index (κ1) is 19.4. The summed E-state index contributed by atoms with van der Waals surface area (Å²) in [4.78, 5) is 38.3. The van der Waals surface area contributed by atoms with E-state index in [2.05, 4.69) is 0 Å². The number of amides is 1. The molecule has 1 amide bonds. The highest BCUT2D eigenvalue weighted by Crippen LogP contribution is 2.05. The summed E-state index contributed by atoms with van der Waals surface area (Å²) in [6.07, 6.45) is 4.13. The van der Waals surface area contributed by atoms with Crippen LogP contribution < -0.4 is 11.2 Å². The van der Waals surface area contributed by atoms with Gasteiger partial charge in [0.2, 0.25) is 0 Å². The van der Waals surface area contributed by atoms with Gasteiger partial charge in [0, 0.05) is 39.9 Å². The van der Waals surface area contributed by atoms with Crippen LogP contribution in [0.25, 0.3) is 6.08 Å². The normalized spacial score (nSPS) is 11.0. The maximum absolute atomic E-state index is 12.8. The number of nitrogens with zero attached hydrogens (tertiary/aromatic N) is 3. The topological polar surface area (TPSA) is 84.5 Å². The molecule has 1 aromatic heterocycles. The van der Waals surface area contributed by atoms with Crippen LogP contribution in [0.4, 0.5) is 0 Å². The average Bonchev–Trinajstić information content (AvgIpc) is 2.66. The highest BCUT2D eigenvalue weighted by molar-refractivity contribution is 5.92. The van der Waals surface area contributed by atoms with Crippen LogP contribution in [0.3, 0.4) is 0 Å². The number of carbonyl (C=O) groups excluding carboxylic acids is 1. The molecule has 1 heterocycles. The van der Waals surface area contributed by atoms with Gasteiger partial charge in [0.15, 0.2) is 0 Å². The standard InChI is InChI=1S/C19H23N3O4/c1-20-16(14-17(24)21(2)19(20)26)18(25)22(12-7-13-23)11-6-10-15-8-4-3-5-9-15/h3-6,8-10,14,23H,7,11-13H2,1-2H3. The summed E-state index contributed by atoms with van der Waals surface area (Å²) in [6, 6.07) is 10.8. The largest absolute Gasteiger partial charge is 0.396 e. The average molecular weight is 357 g/mol. The van der Waals surface area contributed by atoms with Crippen molar-refractivity contribution >= 4 is 12.0 Å². The van der Waals surface area contributed by atoms with Crippen molar-refractivity contribution in [3.63, 3.8) is 0 Å². The van der Waals surface area contributed by atoms with Crippen molar-refractivity contribution in [3.8, 4) is 0 Å². The van der Waals surface area contributed by atoms with E-state index < -0.39 is 17.2 Å². The molecule has 0 atom stereocenters. The van der Waals surface area contributed by atoms with E-state index in [-0.39, 0.29) is 12.3 Å². The van der Waals surface area contributed by atoms with Crippen LogP contribution in [0.1, 0.15) is 22.5 Å². The molecule has 0 aliphatic carbocycles. The third kappa shape index (κ3) is 4.58. The lowest BCUT2D eigenvalue weighted by Gasteiger charge is -2.22. The van der Waals surface area contributed by atoms with E-state index in [1.54, 1.807) is 0 Å². The number of carbonyl (C=O) groups is 1. The first-order valence-electron chi connectivity index (χ1n) is 8.34. The minimum absolute atomic E-state index is 0.0316. The first-order chi connectivity index (χ1) is 12.5. The van der Waals surface area contributed by atoms with E-state index in [1.807, 2.05) is 42.5 Å². The van der Waals surface area contributed by atoms with Crippen LogP contribution in [-0.2, 0) is 14.1 Å². The summed E-state index contributed by atoms with van der Waals surface area (Å²) in [5.74, 6) is -0.423. The van der Waals surface area contributed by atoms with Gasteiger partial charge < -0.3 is 10.0 Å². The molecular formula is C19H23N3O4. The lowest BCUT2D eigenvalue weighted by Crippen LogP contribution is -2.42. The molecule has 26 heavy (non-hydrogen) atoms. The Labute approximate surface area is 151 Å². The van der Waals surface area contributed by atoms with Gasteiger partial charge in [0.1, 0.15) is 5.69 Å². The molecule has 0 aliphatic rings. The fourth-order valence-electron chi connectivity index (χ4n) is 2.52. The smallest absolute Gasteiger partial charge is 0.331 e. The molecule has 0 bridgehead atoms. The number of aromatic nitrogens is 2. The Morgan fingerprint density at radius 3 is 2.50 bits per heavy atom. The fraction of sp³-hybridized carbons (Fsp3) is 0.316. The third-order valence-corrected chi connectivity index (χ3v) is 4.05. The van der Waals surface area contributed by atoms with E-state index in [9.17, 15) is 14.4 Å². The summed E-state index contributed by atoms with van der Waals surface area (Å²) < 4.78 is 2.11. The van der Waals surface area contributed by atoms with Gasteiger partial charge in [0.25, 0.3) is 11.5 Å². The monoisotopic (exact) mass is 357 g/mol. The maximum atomic E-state index is 12.8. The fourth-order valence-corrected chi connectivity index (χ4v) is 2.52. The second-order valence-corrected chi connectivity index (χ2v) is 5.91. The van der Waals surface area contributed by atoms with Crippen LogP contribution in [-0.4, -0.2) is 44.7 Å². The molecule has 0 spiro atoms. The van der Waals surface area contributed by atoms with Gasteiger partial charge in [-0.3, -0.25) is 18.7 Å². The summed E-state index contributed by atoms with van der Waals surface area (Å²) in [7, 11) is 2.82. The number of rotatable bonds is 7. The van der Waals surface area contributed by atoms with Crippen molar-refractivity contribution < 1.29 is 9.90 Å².